The normalized spacial score (nSPS) is 13.8. The predicted octanol–water partition coefficient (Wildman–Crippen LogP) is 2.80. The second-order valence-electron chi connectivity index (χ2n) is 5.03. The molecule has 0 fully saturated rings. The first-order valence-electron chi connectivity index (χ1n) is 6.19. The number of rotatable bonds is 1. The van der Waals surface area contributed by atoms with E-state index >= 15 is 0 Å². The van der Waals surface area contributed by atoms with Gasteiger partial charge in [-0.15, -0.1) is 0 Å². The van der Waals surface area contributed by atoms with Gasteiger partial charge in [0.1, 0.15) is 5.82 Å². The zero-order chi connectivity index (χ0) is 12.7. The van der Waals surface area contributed by atoms with E-state index in [2.05, 4.69) is 41.1 Å². The topological polar surface area (TPSA) is 42.2 Å². The highest BCUT2D eigenvalue weighted by atomic mass is 15.2. The lowest BCUT2D eigenvalue weighted by Gasteiger charge is -2.17. The van der Waals surface area contributed by atoms with Crippen molar-refractivity contribution in [1.82, 2.24) is 4.98 Å². The SMILES string of the molecule is Cc1cc(C)nc(N2Cc3ccc(N)cc3C2)c1. The van der Waals surface area contributed by atoms with Gasteiger partial charge < -0.3 is 10.6 Å². The molecule has 0 saturated heterocycles. The quantitative estimate of drug-likeness (QED) is 0.778. The molecule has 3 nitrogen and oxygen atoms in total. The number of fused-ring (bicyclic) bond motifs is 1. The third kappa shape index (κ3) is 1.92. The molecule has 0 saturated carbocycles. The summed E-state index contributed by atoms with van der Waals surface area (Å²) in [5.41, 5.74) is 11.7. The molecule has 0 atom stereocenters. The number of aromatic nitrogens is 1. The van der Waals surface area contributed by atoms with E-state index in [1.54, 1.807) is 0 Å². The van der Waals surface area contributed by atoms with Crippen molar-refractivity contribution < 1.29 is 0 Å². The maximum atomic E-state index is 5.83. The van der Waals surface area contributed by atoms with Crippen molar-refractivity contribution in [1.29, 1.82) is 0 Å². The zero-order valence-electron chi connectivity index (χ0n) is 10.8. The minimum atomic E-state index is 0.837. The number of nitrogens with zero attached hydrogens (tertiary/aromatic N) is 2. The van der Waals surface area contributed by atoms with Gasteiger partial charge in [0.2, 0.25) is 0 Å². The largest absolute Gasteiger partial charge is 0.399 e. The standard InChI is InChI=1S/C15H17N3/c1-10-5-11(2)17-15(6-10)18-8-12-3-4-14(16)7-13(12)9-18/h3-7H,8-9,16H2,1-2H3. The van der Waals surface area contributed by atoms with Gasteiger partial charge in [0.15, 0.2) is 0 Å². The van der Waals surface area contributed by atoms with Crippen LogP contribution in [0.3, 0.4) is 0 Å². The van der Waals surface area contributed by atoms with Gasteiger partial charge in [-0.3, -0.25) is 0 Å². The Morgan fingerprint density at radius 2 is 1.83 bits per heavy atom. The molecule has 1 aliphatic rings. The molecule has 3 rings (SSSR count). The van der Waals surface area contributed by atoms with Gasteiger partial charge in [0.25, 0.3) is 0 Å². The summed E-state index contributed by atoms with van der Waals surface area (Å²) in [5, 5.41) is 0. The number of benzene rings is 1. The number of pyridine rings is 1. The van der Waals surface area contributed by atoms with Gasteiger partial charge in [0.05, 0.1) is 0 Å². The van der Waals surface area contributed by atoms with E-state index in [9.17, 15) is 0 Å². The predicted molar refractivity (Wildman–Crippen MR) is 74.5 cm³/mol. The number of hydrogen-bond donors (Lipinski definition) is 1. The fourth-order valence-corrected chi connectivity index (χ4v) is 2.56. The summed E-state index contributed by atoms with van der Waals surface area (Å²) in [6, 6.07) is 10.4. The Morgan fingerprint density at radius 3 is 2.61 bits per heavy atom. The van der Waals surface area contributed by atoms with Crippen LogP contribution < -0.4 is 10.6 Å². The van der Waals surface area contributed by atoms with E-state index in [0.717, 1.165) is 30.3 Å². The lowest BCUT2D eigenvalue weighted by atomic mass is 10.1. The van der Waals surface area contributed by atoms with Crippen LogP contribution in [0.5, 0.6) is 0 Å². The van der Waals surface area contributed by atoms with Crippen LogP contribution in [0.4, 0.5) is 11.5 Å². The zero-order valence-corrected chi connectivity index (χ0v) is 10.8. The van der Waals surface area contributed by atoms with Crippen LogP contribution in [0.1, 0.15) is 22.4 Å². The molecule has 2 N–H and O–H groups in total. The summed E-state index contributed by atoms with van der Waals surface area (Å²) in [6.45, 7) is 5.97. The summed E-state index contributed by atoms with van der Waals surface area (Å²) < 4.78 is 0. The first kappa shape index (κ1) is 11.1. The van der Waals surface area contributed by atoms with Crippen molar-refractivity contribution in [2.24, 2.45) is 0 Å². The van der Waals surface area contributed by atoms with Crippen molar-refractivity contribution in [3.8, 4) is 0 Å². The van der Waals surface area contributed by atoms with Gasteiger partial charge >= 0.3 is 0 Å². The third-order valence-electron chi connectivity index (χ3n) is 3.36. The van der Waals surface area contributed by atoms with E-state index in [0.29, 0.717) is 0 Å². The summed E-state index contributed by atoms with van der Waals surface area (Å²) in [6.07, 6.45) is 0. The van der Waals surface area contributed by atoms with Crippen molar-refractivity contribution in [3.63, 3.8) is 0 Å². The van der Waals surface area contributed by atoms with Gasteiger partial charge in [-0.25, -0.2) is 4.98 Å². The summed E-state index contributed by atoms with van der Waals surface area (Å²) in [7, 11) is 0. The maximum Gasteiger partial charge on any atom is 0.129 e. The van der Waals surface area contributed by atoms with Crippen molar-refractivity contribution in [2.45, 2.75) is 26.9 Å². The minimum absolute atomic E-state index is 0.837. The van der Waals surface area contributed by atoms with E-state index in [-0.39, 0.29) is 0 Å². The molecule has 0 spiro atoms. The van der Waals surface area contributed by atoms with Gasteiger partial charge in [-0.2, -0.15) is 0 Å². The van der Waals surface area contributed by atoms with Crippen LogP contribution in [0, 0.1) is 13.8 Å². The van der Waals surface area contributed by atoms with Crippen LogP contribution in [-0.2, 0) is 13.1 Å². The molecule has 2 heterocycles. The molecule has 0 aliphatic carbocycles. The molecule has 3 heteroatoms. The van der Waals surface area contributed by atoms with Crippen molar-refractivity contribution in [2.75, 3.05) is 10.6 Å². The number of nitrogen functional groups attached to an aromatic ring is 1. The molecule has 0 amide bonds. The number of nitrogens with two attached hydrogens (primary N) is 1. The molecule has 2 aromatic rings. The second-order valence-corrected chi connectivity index (χ2v) is 5.03. The molecule has 1 aromatic carbocycles. The van der Waals surface area contributed by atoms with Crippen LogP contribution in [0.25, 0.3) is 0 Å². The minimum Gasteiger partial charge on any atom is -0.399 e. The smallest absolute Gasteiger partial charge is 0.129 e. The first-order chi connectivity index (χ1) is 8.61. The van der Waals surface area contributed by atoms with Crippen molar-refractivity contribution in [3.05, 3.63) is 52.7 Å². The summed E-state index contributed by atoms with van der Waals surface area (Å²) in [5.74, 6) is 1.06. The lowest BCUT2D eigenvalue weighted by Crippen LogP contribution is -2.16. The van der Waals surface area contributed by atoms with E-state index < -0.39 is 0 Å². The fourth-order valence-electron chi connectivity index (χ4n) is 2.56. The Kier molecular flexibility index (Phi) is 2.47. The lowest BCUT2D eigenvalue weighted by molar-refractivity contribution is 0.850. The Labute approximate surface area is 107 Å². The van der Waals surface area contributed by atoms with Crippen molar-refractivity contribution >= 4 is 11.5 Å². The Bertz CT molecular complexity index is 584. The first-order valence-corrected chi connectivity index (χ1v) is 6.19. The van der Waals surface area contributed by atoms with E-state index in [1.807, 2.05) is 13.0 Å². The van der Waals surface area contributed by atoms with Gasteiger partial charge in [-0.1, -0.05) is 6.07 Å². The Balaban J connectivity index is 1.93. The monoisotopic (exact) mass is 239 g/mol. The molecule has 18 heavy (non-hydrogen) atoms. The molecule has 1 aliphatic heterocycles. The second kappa shape index (κ2) is 4.02. The Morgan fingerprint density at radius 1 is 1.06 bits per heavy atom. The van der Waals surface area contributed by atoms with Crippen LogP contribution in [0.15, 0.2) is 30.3 Å². The molecule has 92 valence electrons. The molecular weight excluding hydrogens is 222 g/mol. The molecule has 0 radical (unpaired) electrons. The number of aryl methyl sites for hydroxylation is 2. The van der Waals surface area contributed by atoms with Crippen LogP contribution >= 0.6 is 0 Å². The number of hydrogen-bond acceptors (Lipinski definition) is 3. The summed E-state index contributed by atoms with van der Waals surface area (Å²) >= 11 is 0. The highest BCUT2D eigenvalue weighted by Crippen LogP contribution is 2.28. The van der Waals surface area contributed by atoms with Crippen LogP contribution in [-0.4, -0.2) is 4.98 Å². The summed E-state index contributed by atoms with van der Waals surface area (Å²) in [4.78, 5) is 6.91. The molecule has 0 unspecified atom stereocenters. The molecular formula is C15H17N3. The third-order valence-corrected chi connectivity index (χ3v) is 3.36. The van der Waals surface area contributed by atoms with Crippen LogP contribution in [0.2, 0.25) is 0 Å². The van der Waals surface area contributed by atoms with Gasteiger partial charge in [0, 0.05) is 24.5 Å². The van der Waals surface area contributed by atoms with E-state index in [4.69, 9.17) is 5.73 Å². The number of anilines is 2. The maximum absolute atomic E-state index is 5.83. The van der Waals surface area contributed by atoms with E-state index in [1.165, 1.54) is 16.7 Å². The highest BCUT2D eigenvalue weighted by Gasteiger charge is 2.20. The average Bonchev–Trinajstić information content (AvgIpc) is 2.70. The fraction of sp³-hybridized carbons (Fsp3) is 0.267. The van der Waals surface area contributed by atoms with Gasteiger partial charge in [-0.05, 0) is 54.8 Å². The Hall–Kier alpha value is -2.03. The average molecular weight is 239 g/mol. The highest BCUT2D eigenvalue weighted by molar-refractivity contribution is 5.53. The molecule has 1 aromatic heterocycles. The molecule has 0 bridgehead atoms.